The normalized spacial score (nSPS) is 24.7. The minimum Gasteiger partial charge on any atom is -0.368 e. The summed E-state index contributed by atoms with van der Waals surface area (Å²) in [5.74, 6) is -0.243. The van der Waals surface area contributed by atoms with Gasteiger partial charge >= 0.3 is 0 Å². The summed E-state index contributed by atoms with van der Waals surface area (Å²) in [6.07, 6.45) is 6.42. The number of carbonyl (C=O) groups excluding carboxylic acids is 1. The highest BCUT2D eigenvalue weighted by Gasteiger charge is 2.26. The first kappa shape index (κ1) is 14.8. The van der Waals surface area contributed by atoms with Crippen LogP contribution in [0.4, 0.5) is 0 Å². The topological polar surface area (TPSA) is 61.6 Å². The lowest BCUT2D eigenvalue weighted by atomic mass is 10.1. The van der Waals surface area contributed by atoms with Crippen molar-refractivity contribution in [3.8, 4) is 0 Å². The first-order valence-electron chi connectivity index (χ1n) is 7.63. The van der Waals surface area contributed by atoms with Crippen LogP contribution in [-0.4, -0.2) is 67.6 Å². The Kier molecular flexibility index (Phi) is 5.60. The number of likely N-dealkylation sites (N-methyl/N-ethyl adjacent to an activating group) is 1. The van der Waals surface area contributed by atoms with E-state index in [0.717, 1.165) is 32.1 Å². The highest BCUT2D eigenvalue weighted by atomic mass is 16.1. The highest BCUT2D eigenvalue weighted by Crippen LogP contribution is 2.24. The van der Waals surface area contributed by atoms with Crippen molar-refractivity contribution in [2.24, 2.45) is 5.73 Å². The Morgan fingerprint density at radius 2 is 1.89 bits per heavy atom. The number of carbonyl (C=O) groups is 1. The summed E-state index contributed by atoms with van der Waals surface area (Å²) in [5, 5.41) is 2.98. The van der Waals surface area contributed by atoms with Crippen molar-refractivity contribution in [3.05, 3.63) is 0 Å². The molecule has 2 fully saturated rings. The van der Waals surface area contributed by atoms with Crippen molar-refractivity contribution in [1.29, 1.82) is 0 Å². The lowest BCUT2D eigenvalue weighted by Crippen LogP contribution is -2.51. The van der Waals surface area contributed by atoms with Gasteiger partial charge in [0.25, 0.3) is 0 Å². The zero-order valence-corrected chi connectivity index (χ0v) is 12.1. The molecule has 2 aliphatic rings. The van der Waals surface area contributed by atoms with Crippen LogP contribution in [0.5, 0.6) is 0 Å². The van der Waals surface area contributed by atoms with Crippen LogP contribution >= 0.6 is 0 Å². The van der Waals surface area contributed by atoms with E-state index in [-0.39, 0.29) is 11.9 Å². The molecule has 0 spiro atoms. The molecule has 1 saturated carbocycles. The van der Waals surface area contributed by atoms with Crippen LogP contribution in [0, 0.1) is 0 Å². The maximum absolute atomic E-state index is 11.2. The minimum atomic E-state index is -0.243. The molecule has 1 unspecified atom stereocenters. The Hall–Kier alpha value is -0.650. The van der Waals surface area contributed by atoms with Gasteiger partial charge in [0.2, 0.25) is 5.91 Å². The van der Waals surface area contributed by atoms with Gasteiger partial charge < -0.3 is 16.0 Å². The number of nitrogens with one attached hydrogen (secondary N) is 1. The van der Waals surface area contributed by atoms with Gasteiger partial charge in [-0.05, 0) is 26.3 Å². The molecular formula is C14H28N4O. The van der Waals surface area contributed by atoms with Gasteiger partial charge in [-0.15, -0.1) is 0 Å². The van der Waals surface area contributed by atoms with Gasteiger partial charge in [0.15, 0.2) is 0 Å². The minimum absolute atomic E-state index is 0.187. The first-order valence-corrected chi connectivity index (χ1v) is 7.63. The van der Waals surface area contributed by atoms with E-state index in [2.05, 4.69) is 15.1 Å². The summed E-state index contributed by atoms with van der Waals surface area (Å²) in [6.45, 7) is 5.60. The Labute approximate surface area is 116 Å². The van der Waals surface area contributed by atoms with E-state index in [0.29, 0.717) is 0 Å². The van der Waals surface area contributed by atoms with Crippen LogP contribution < -0.4 is 11.1 Å². The van der Waals surface area contributed by atoms with Crippen LogP contribution in [0.25, 0.3) is 0 Å². The van der Waals surface area contributed by atoms with Crippen molar-refractivity contribution in [1.82, 2.24) is 15.1 Å². The molecule has 1 heterocycles. The molecule has 0 aromatic carbocycles. The summed E-state index contributed by atoms with van der Waals surface area (Å²) in [7, 11) is 1.80. The molecule has 2 rings (SSSR count). The van der Waals surface area contributed by atoms with E-state index in [4.69, 9.17) is 5.73 Å². The molecule has 0 radical (unpaired) electrons. The SMILES string of the molecule is CNC(CCN1CCN(C2CCCC2)CC1)C(N)=O. The lowest BCUT2D eigenvalue weighted by molar-refractivity contribution is -0.120. The van der Waals surface area contributed by atoms with E-state index < -0.39 is 0 Å². The standard InChI is InChI=1S/C14H28N4O/c1-16-13(14(15)19)6-7-17-8-10-18(11-9-17)12-4-2-3-5-12/h12-13,16H,2-11H2,1H3,(H2,15,19). The molecule has 3 N–H and O–H groups in total. The summed E-state index contributed by atoms with van der Waals surface area (Å²) < 4.78 is 0. The van der Waals surface area contributed by atoms with E-state index in [1.807, 2.05) is 0 Å². The Morgan fingerprint density at radius 3 is 2.42 bits per heavy atom. The second-order valence-electron chi connectivity index (χ2n) is 5.85. The number of nitrogens with zero attached hydrogens (tertiary/aromatic N) is 2. The molecule has 1 amide bonds. The maximum Gasteiger partial charge on any atom is 0.234 e. The molecule has 1 aliphatic carbocycles. The molecule has 0 bridgehead atoms. The summed E-state index contributed by atoms with van der Waals surface area (Å²) in [6, 6.07) is 0.658. The fourth-order valence-electron chi connectivity index (χ4n) is 3.36. The van der Waals surface area contributed by atoms with Gasteiger partial charge in [0, 0.05) is 38.8 Å². The van der Waals surface area contributed by atoms with Crippen LogP contribution in [0.2, 0.25) is 0 Å². The molecule has 0 aromatic rings. The average molecular weight is 268 g/mol. The third kappa shape index (κ3) is 4.16. The Bertz CT molecular complexity index is 283. The monoisotopic (exact) mass is 268 g/mol. The molecule has 19 heavy (non-hydrogen) atoms. The van der Waals surface area contributed by atoms with Crippen LogP contribution in [-0.2, 0) is 4.79 Å². The molecule has 110 valence electrons. The fourth-order valence-corrected chi connectivity index (χ4v) is 3.36. The zero-order chi connectivity index (χ0) is 13.7. The number of piperazine rings is 1. The van der Waals surface area contributed by atoms with E-state index >= 15 is 0 Å². The van der Waals surface area contributed by atoms with Gasteiger partial charge in [0.1, 0.15) is 0 Å². The molecule has 1 saturated heterocycles. The Morgan fingerprint density at radius 1 is 1.26 bits per heavy atom. The van der Waals surface area contributed by atoms with Gasteiger partial charge in [-0.3, -0.25) is 9.69 Å². The summed E-state index contributed by atoms with van der Waals surface area (Å²) in [4.78, 5) is 16.3. The molecule has 1 atom stereocenters. The molecule has 0 aromatic heterocycles. The average Bonchev–Trinajstić information content (AvgIpc) is 2.94. The maximum atomic E-state index is 11.2. The molecular weight excluding hydrogens is 240 g/mol. The van der Waals surface area contributed by atoms with Gasteiger partial charge in [0.05, 0.1) is 6.04 Å². The molecule has 1 aliphatic heterocycles. The smallest absolute Gasteiger partial charge is 0.234 e. The van der Waals surface area contributed by atoms with E-state index in [1.165, 1.54) is 38.8 Å². The summed E-state index contributed by atoms with van der Waals surface area (Å²) >= 11 is 0. The van der Waals surface area contributed by atoms with Crippen molar-refractivity contribution in [2.75, 3.05) is 39.8 Å². The van der Waals surface area contributed by atoms with Crippen molar-refractivity contribution in [3.63, 3.8) is 0 Å². The predicted molar refractivity (Wildman–Crippen MR) is 76.9 cm³/mol. The van der Waals surface area contributed by atoms with Crippen molar-refractivity contribution < 1.29 is 4.79 Å². The lowest BCUT2D eigenvalue weighted by Gasteiger charge is -2.38. The van der Waals surface area contributed by atoms with Gasteiger partial charge in [-0.2, -0.15) is 0 Å². The number of hydrogen-bond donors (Lipinski definition) is 2. The third-order valence-corrected chi connectivity index (χ3v) is 4.67. The number of hydrogen-bond acceptors (Lipinski definition) is 4. The van der Waals surface area contributed by atoms with E-state index in [9.17, 15) is 4.79 Å². The number of nitrogens with two attached hydrogens (primary N) is 1. The highest BCUT2D eigenvalue weighted by molar-refractivity contribution is 5.79. The number of primary amides is 1. The number of rotatable bonds is 6. The van der Waals surface area contributed by atoms with Crippen LogP contribution in [0.15, 0.2) is 0 Å². The van der Waals surface area contributed by atoms with Crippen molar-refractivity contribution >= 4 is 5.91 Å². The third-order valence-electron chi connectivity index (χ3n) is 4.67. The largest absolute Gasteiger partial charge is 0.368 e. The quantitative estimate of drug-likeness (QED) is 0.712. The van der Waals surface area contributed by atoms with Crippen molar-refractivity contribution in [2.45, 2.75) is 44.2 Å². The number of amides is 1. The second kappa shape index (κ2) is 7.22. The molecule has 5 nitrogen and oxygen atoms in total. The van der Waals surface area contributed by atoms with E-state index in [1.54, 1.807) is 7.05 Å². The van der Waals surface area contributed by atoms with Crippen LogP contribution in [0.3, 0.4) is 0 Å². The zero-order valence-electron chi connectivity index (χ0n) is 12.1. The van der Waals surface area contributed by atoms with Gasteiger partial charge in [-0.1, -0.05) is 12.8 Å². The van der Waals surface area contributed by atoms with Gasteiger partial charge in [-0.25, -0.2) is 0 Å². The Balaban J connectivity index is 1.67. The summed E-state index contributed by atoms with van der Waals surface area (Å²) in [5.41, 5.74) is 5.34. The van der Waals surface area contributed by atoms with Crippen LogP contribution in [0.1, 0.15) is 32.1 Å². The fraction of sp³-hybridized carbons (Fsp3) is 0.929. The molecule has 5 heteroatoms. The predicted octanol–water partition coefficient (Wildman–Crippen LogP) is 0.0100. The second-order valence-corrected chi connectivity index (χ2v) is 5.85. The first-order chi connectivity index (χ1) is 9.20.